The Labute approximate surface area is 105 Å². The quantitative estimate of drug-likeness (QED) is 0.824. The Morgan fingerprint density at radius 1 is 1.12 bits per heavy atom. The van der Waals surface area contributed by atoms with Crippen molar-refractivity contribution >= 4 is 0 Å². The Morgan fingerprint density at radius 3 is 2.35 bits per heavy atom. The van der Waals surface area contributed by atoms with Gasteiger partial charge < -0.3 is 5.73 Å². The Balaban J connectivity index is 2.21. The number of benzene rings is 1. The first-order chi connectivity index (χ1) is 8.01. The molecule has 1 aliphatic rings. The van der Waals surface area contributed by atoms with Crippen molar-refractivity contribution in [2.45, 2.75) is 51.5 Å². The first kappa shape index (κ1) is 12.6. The van der Waals surface area contributed by atoms with Crippen LogP contribution in [0.4, 0.5) is 0 Å². The molecule has 2 rings (SSSR count). The monoisotopic (exact) mass is 231 g/mol. The van der Waals surface area contributed by atoms with Gasteiger partial charge in [0.15, 0.2) is 0 Å². The third kappa shape index (κ3) is 2.55. The third-order valence-electron chi connectivity index (χ3n) is 4.61. The maximum absolute atomic E-state index is 6.39. The zero-order chi connectivity index (χ0) is 12.5. The van der Waals surface area contributed by atoms with Gasteiger partial charge in [0.2, 0.25) is 0 Å². The summed E-state index contributed by atoms with van der Waals surface area (Å²) in [5.41, 5.74) is 8.01. The van der Waals surface area contributed by atoms with E-state index >= 15 is 0 Å². The van der Waals surface area contributed by atoms with Crippen LogP contribution in [0.15, 0.2) is 30.3 Å². The molecule has 1 saturated carbocycles. The molecule has 0 aromatic heterocycles. The molecule has 17 heavy (non-hydrogen) atoms. The third-order valence-corrected chi connectivity index (χ3v) is 4.61. The van der Waals surface area contributed by atoms with Crippen LogP contribution in [0.2, 0.25) is 0 Å². The van der Waals surface area contributed by atoms with Crippen LogP contribution in [-0.4, -0.2) is 6.04 Å². The summed E-state index contributed by atoms with van der Waals surface area (Å²) in [6, 6.07) is 11.2. The highest BCUT2D eigenvalue weighted by molar-refractivity contribution is 5.25. The lowest BCUT2D eigenvalue weighted by Gasteiger charge is -2.43. The molecule has 94 valence electrons. The normalized spacial score (nSPS) is 30.2. The van der Waals surface area contributed by atoms with Crippen molar-refractivity contribution in [2.75, 3.05) is 0 Å². The predicted octanol–water partition coefficient (Wildman–Crippen LogP) is 3.73. The topological polar surface area (TPSA) is 26.0 Å². The highest BCUT2D eigenvalue weighted by Crippen LogP contribution is 2.41. The fourth-order valence-corrected chi connectivity index (χ4v) is 3.40. The van der Waals surface area contributed by atoms with Crippen LogP contribution in [0.25, 0.3) is 0 Å². The number of hydrogen-bond donors (Lipinski definition) is 1. The van der Waals surface area contributed by atoms with Gasteiger partial charge in [-0.3, -0.25) is 0 Å². The van der Waals surface area contributed by atoms with Crippen molar-refractivity contribution in [3.63, 3.8) is 0 Å². The van der Waals surface area contributed by atoms with E-state index in [1.807, 2.05) is 0 Å². The molecule has 3 atom stereocenters. The standard InChI is InChI=1S/C16H25N/c1-12-9-10-14(15(17)11-12)16(2,3)13-7-5-4-6-8-13/h4-8,12,14-15H,9-11,17H2,1-3H3/t12-,14+,15-/m1/s1. The molecule has 0 radical (unpaired) electrons. The van der Waals surface area contributed by atoms with E-state index in [9.17, 15) is 0 Å². The van der Waals surface area contributed by atoms with Crippen LogP contribution in [0.5, 0.6) is 0 Å². The van der Waals surface area contributed by atoms with Crippen LogP contribution < -0.4 is 5.73 Å². The first-order valence-corrected chi connectivity index (χ1v) is 6.83. The zero-order valence-corrected chi connectivity index (χ0v) is 11.3. The van der Waals surface area contributed by atoms with Gasteiger partial charge in [0.1, 0.15) is 0 Å². The van der Waals surface area contributed by atoms with Gasteiger partial charge in [-0.15, -0.1) is 0 Å². The van der Waals surface area contributed by atoms with Gasteiger partial charge in [-0.25, -0.2) is 0 Å². The predicted molar refractivity (Wildman–Crippen MR) is 73.9 cm³/mol. The molecule has 2 N–H and O–H groups in total. The lowest BCUT2D eigenvalue weighted by Crippen LogP contribution is -2.45. The van der Waals surface area contributed by atoms with Gasteiger partial charge >= 0.3 is 0 Å². The molecule has 0 unspecified atom stereocenters. The molecule has 1 fully saturated rings. The fourth-order valence-electron chi connectivity index (χ4n) is 3.40. The number of hydrogen-bond acceptors (Lipinski definition) is 1. The molecular formula is C16H25N. The summed E-state index contributed by atoms with van der Waals surface area (Å²) in [6.45, 7) is 7.03. The lowest BCUT2D eigenvalue weighted by atomic mass is 9.64. The van der Waals surface area contributed by atoms with E-state index in [1.165, 1.54) is 24.8 Å². The second-order valence-electron chi connectivity index (χ2n) is 6.28. The first-order valence-electron chi connectivity index (χ1n) is 6.83. The van der Waals surface area contributed by atoms with E-state index < -0.39 is 0 Å². The van der Waals surface area contributed by atoms with Crippen LogP contribution >= 0.6 is 0 Å². The molecule has 0 aliphatic heterocycles. The van der Waals surface area contributed by atoms with Gasteiger partial charge in [-0.1, -0.05) is 57.5 Å². The summed E-state index contributed by atoms with van der Waals surface area (Å²) in [5, 5.41) is 0. The maximum atomic E-state index is 6.39. The SMILES string of the molecule is C[C@@H]1CC[C@H](C(C)(C)c2ccccc2)[C@H](N)C1. The van der Waals surface area contributed by atoms with Crippen molar-refractivity contribution in [3.8, 4) is 0 Å². The van der Waals surface area contributed by atoms with Crippen molar-refractivity contribution in [3.05, 3.63) is 35.9 Å². The molecule has 1 aliphatic carbocycles. The molecule has 1 aromatic carbocycles. The Hall–Kier alpha value is -0.820. The Morgan fingerprint density at radius 2 is 1.76 bits per heavy atom. The van der Waals surface area contributed by atoms with Crippen LogP contribution in [-0.2, 0) is 5.41 Å². The number of nitrogens with two attached hydrogens (primary N) is 1. The highest BCUT2D eigenvalue weighted by atomic mass is 14.7. The van der Waals surface area contributed by atoms with E-state index in [0.29, 0.717) is 12.0 Å². The van der Waals surface area contributed by atoms with Crippen LogP contribution in [0, 0.1) is 11.8 Å². The van der Waals surface area contributed by atoms with Crippen LogP contribution in [0.3, 0.4) is 0 Å². The summed E-state index contributed by atoms with van der Waals surface area (Å²) < 4.78 is 0. The van der Waals surface area contributed by atoms with Crippen LogP contribution in [0.1, 0.15) is 45.6 Å². The van der Waals surface area contributed by atoms with E-state index in [1.54, 1.807) is 0 Å². The number of rotatable bonds is 2. The van der Waals surface area contributed by atoms with Crippen molar-refractivity contribution in [1.29, 1.82) is 0 Å². The Kier molecular flexibility index (Phi) is 3.58. The summed E-state index contributed by atoms with van der Waals surface area (Å²) in [7, 11) is 0. The van der Waals surface area contributed by atoms with Gasteiger partial charge in [-0.05, 0) is 35.7 Å². The molecular weight excluding hydrogens is 206 g/mol. The van der Waals surface area contributed by atoms with E-state index in [2.05, 4.69) is 51.1 Å². The Bertz CT molecular complexity index is 355. The molecule has 1 nitrogen and oxygen atoms in total. The van der Waals surface area contributed by atoms with Crippen molar-refractivity contribution in [1.82, 2.24) is 0 Å². The summed E-state index contributed by atoms with van der Waals surface area (Å²) in [5.74, 6) is 1.41. The molecule has 0 spiro atoms. The van der Waals surface area contributed by atoms with Crippen molar-refractivity contribution < 1.29 is 0 Å². The molecule has 1 aromatic rings. The average molecular weight is 231 g/mol. The summed E-state index contributed by atoms with van der Waals surface area (Å²) >= 11 is 0. The summed E-state index contributed by atoms with van der Waals surface area (Å²) in [4.78, 5) is 0. The summed E-state index contributed by atoms with van der Waals surface area (Å²) in [6.07, 6.45) is 3.78. The van der Waals surface area contributed by atoms with Gasteiger partial charge in [-0.2, -0.15) is 0 Å². The van der Waals surface area contributed by atoms with Gasteiger partial charge in [0, 0.05) is 6.04 Å². The largest absolute Gasteiger partial charge is 0.327 e. The molecule has 0 amide bonds. The smallest absolute Gasteiger partial charge is 0.00780 e. The molecule has 0 bridgehead atoms. The molecule has 0 saturated heterocycles. The van der Waals surface area contributed by atoms with E-state index in [-0.39, 0.29) is 5.41 Å². The van der Waals surface area contributed by atoms with Gasteiger partial charge in [0.25, 0.3) is 0 Å². The highest BCUT2D eigenvalue weighted by Gasteiger charge is 2.38. The lowest BCUT2D eigenvalue weighted by molar-refractivity contribution is 0.171. The zero-order valence-electron chi connectivity index (χ0n) is 11.3. The van der Waals surface area contributed by atoms with E-state index in [0.717, 1.165) is 5.92 Å². The van der Waals surface area contributed by atoms with Gasteiger partial charge in [0.05, 0.1) is 0 Å². The average Bonchev–Trinajstić information content (AvgIpc) is 2.29. The maximum Gasteiger partial charge on any atom is 0.00780 e. The minimum absolute atomic E-state index is 0.195. The fraction of sp³-hybridized carbons (Fsp3) is 0.625. The van der Waals surface area contributed by atoms with Crippen molar-refractivity contribution in [2.24, 2.45) is 17.6 Å². The molecule has 1 heteroatoms. The second kappa shape index (κ2) is 4.81. The minimum Gasteiger partial charge on any atom is -0.327 e. The van der Waals surface area contributed by atoms with E-state index in [4.69, 9.17) is 5.73 Å². The minimum atomic E-state index is 0.195. The second-order valence-corrected chi connectivity index (χ2v) is 6.28. The molecule has 0 heterocycles.